The van der Waals surface area contributed by atoms with E-state index >= 15 is 0 Å². The van der Waals surface area contributed by atoms with Gasteiger partial charge in [-0.2, -0.15) is 0 Å². The highest BCUT2D eigenvalue weighted by atomic mass is 16.2. The number of anilines is 1. The second-order valence-corrected chi connectivity index (χ2v) is 11.5. The lowest BCUT2D eigenvalue weighted by Crippen LogP contribution is -2.62. The summed E-state index contributed by atoms with van der Waals surface area (Å²) in [4.78, 5) is 21.8. The highest BCUT2D eigenvalue weighted by Gasteiger charge is 2.47. The molecule has 5 nitrogen and oxygen atoms in total. The number of para-hydroxylation sites is 1. The molecule has 0 aromatic heterocycles. The molecule has 3 fully saturated rings. The van der Waals surface area contributed by atoms with Crippen LogP contribution in [0.4, 0.5) is 5.69 Å². The van der Waals surface area contributed by atoms with Gasteiger partial charge in [-0.1, -0.05) is 62.8 Å². The van der Waals surface area contributed by atoms with E-state index in [-0.39, 0.29) is 11.0 Å². The zero-order valence-electron chi connectivity index (χ0n) is 21.5. The van der Waals surface area contributed by atoms with Crippen LogP contribution in [0.5, 0.6) is 0 Å². The van der Waals surface area contributed by atoms with Crippen LogP contribution in [0.2, 0.25) is 0 Å². The van der Waals surface area contributed by atoms with Crippen molar-refractivity contribution in [3.05, 3.63) is 35.4 Å². The maximum absolute atomic E-state index is 14.4. The number of carbonyl (C=O) groups excluding carboxylic acids is 1. The summed E-state index contributed by atoms with van der Waals surface area (Å²) in [5, 5.41) is 3.62. The Morgan fingerprint density at radius 1 is 0.941 bits per heavy atom. The van der Waals surface area contributed by atoms with Gasteiger partial charge >= 0.3 is 0 Å². The van der Waals surface area contributed by atoms with Gasteiger partial charge in [-0.05, 0) is 49.9 Å². The van der Waals surface area contributed by atoms with Gasteiger partial charge in [0, 0.05) is 57.5 Å². The van der Waals surface area contributed by atoms with Crippen LogP contribution < -0.4 is 5.32 Å². The molecule has 0 radical (unpaired) electrons. The van der Waals surface area contributed by atoms with E-state index < -0.39 is 0 Å². The minimum Gasteiger partial charge on any atom is -0.381 e. The maximum Gasteiger partial charge on any atom is 0.232 e. The summed E-state index contributed by atoms with van der Waals surface area (Å²) in [5.41, 5.74) is 3.54. The van der Waals surface area contributed by atoms with Gasteiger partial charge in [-0.15, -0.1) is 0 Å². The predicted octanol–water partition coefficient (Wildman–Crippen LogP) is 4.85. The third-order valence-electron chi connectivity index (χ3n) is 9.33. The quantitative estimate of drug-likeness (QED) is 0.676. The molecular weight excluding hydrogens is 420 g/mol. The van der Waals surface area contributed by atoms with Crippen molar-refractivity contribution in [2.75, 3.05) is 58.7 Å². The van der Waals surface area contributed by atoms with Gasteiger partial charge < -0.3 is 15.1 Å². The lowest BCUT2D eigenvalue weighted by atomic mass is 9.66. The van der Waals surface area contributed by atoms with Crippen molar-refractivity contribution in [3.8, 4) is 0 Å². The molecule has 2 heterocycles. The van der Waals surface area contributed by atoms with Crippen LogP contribution in [-0.4, -0.2) is 79.5 Å². The number of hydrogen-bond acceptors (Lipinski definition) is 4. The Morgan fingerprint density at radius 3 is 2.29 bits per heavy atom. The fourth-order valence-corrected chi connectivity index (χ4v) is 7.29. The third kappa shape index (κ3) is 4.54. The van der Waals surface area contributed by atoms with E-state index in [0.29, 0.717) is 5.91 Å². The molecule has 1 N–H and O–H groups in total. The van der Waals surface area contributed by atoms with Crippen molar-refractivity contribution in [1.29, 1.82) is 0 Å². The number of hydrogen-bond donors (Lipinski definition) is 1. The van der Waals surface area contributed by atoms with Gasteiger partial charge in [-0.3, -0.25) is 9.69 Å². The first-order valence-corrected chi connectivity index (χ1v) is 13.8. The average Bonchev–Trinajstić information content (AvgIpc) is 2.89. The summed E-state index contributed by atoms with van der Waals surface area (Å²) < 4.78 is 0. The summed E-state index contributed by atoms with van der Waals surface area (Å²) in [7, 11) is 4.34. The van der Waals surface area contributed by atoms with Crippen LogP contribution in [-0.2, 0) is 4.79 Å². The number of benzene rings is 1. The van der Waals surface area contributed by atoms with Crippen LogP contribution in [0.3, 0.4) is 0 Å². The third-order valence-corrected chi connectivity index (χ3v) is 9.33. The molecule has 0 unspecified atom stereocenters. The summed E-state index contributed by atoms with van der Waals surface area (Å²) in [6.07, 6.45) is 14.3. The lowest BCUT2D eigenvalue weighted by Gasteiger charge is -2.52. The Hall–Kier alpha value is -1.85. The largest absolute Gasteiger partial charge is 0.381 e. The van der Waals surface area contributed by atoms with E-state index in [9.17, 15) is 4.79 Å². The molecule has 2 saturated carbocycles. The number of amides is 1. The van der Waals surface area contributed by atoms with E-state index in [4.69, 9.17) is 0 Å². The number of fused-ring (bicyclic) bond motifs is 1. The minimum absolute atomic E-state index is 0.158. The summed E-state index contributed by atoms with van der Waals surface area (Å²) in [5.74, 6) is 0.374. The Kier molecular flexibility index (Phi) is 7.04. The molecule has 34 heavy (non-hydrogen) atoms. The molecule has 4 aliphatic rings. The molecule has 0 bridgehead atoms. The first kappa shape index (κ1) is 23.9. The van der Waals surface area contributed by atoms with Gasteiger partial charge in [0.25, 0.3) is 0 Å². The Labute approximate surface area is 206 Å². The molecule has 0 spiro atoms. The van der Waals surface area contributed by atoms with Gasteiger partial charge in [-0.25, -0.2) is 0 Å². The maximum atomic E-state index is 14.4. The van der Waals surface area contributed by atoms with Gasteiger partial charge in [0.05, 0.1) is 5.41 Å². The Morgan fingerprint density at radius 2 is 1.59 bits per heavy atom. The number of likely N-dealkylation sites (N-methyl/N-ethyl adjacent to an activating group) is 2. The molecule has 5 heteroatoms. The van der Waals surface area contributed by atoms with Gasteiger partial charge in [0.15, 0.2) is 0 Å². The van der Waals surface area contributed by atoms with E-state index in [1.807, 2.05) is 0 Å². The predicted molar refractivity (Wildman–Crippen MR) is 141 cm³/mol. The zero-order valence-corrected chi connectivity index (χ0v) is 21.5. The highest BCUT2D eigenvalue weighted by molar-refractivity contribution is 5.89. The molecule has 1 aromatic carbocycles. The van der Waals surface area contributed by atoms with E-state index in [0.717, 1.165) is 65.0 Å². The molecule has 0 atom stereocenters. The van der Waals surface area contributed by atoms with Crippen LogP contribution in [0, 0.1) is 5.41 Å². The van der Waals surface area contributed by atoms with E-state index in [1.165, 1.54) is 55.3 Å². The van der Waals surface area contributed by atoms with Crippen molar-refractivity contribution in [1.82, 2.24) is 14.7 Å². The van der Waals surface area contributed by atoms with Crippen molar-refractivity contribution >= 4 is 17.7 Å². The fourth-order valence-electron chi connectivity index (χ4n) is 7.29. The highest BCUT2D eigenvalue weighted by Crippen LogP contribution is 2.47. The Bertz CT molecular complexity index is 889. The Balaban J connectivity index is 1.41. The van der Waals surface area contributed by atoms with Crippen LogP contribution in [0.1, 0.15) is 69.8 Å². The van der Waals surface area contributed by atoms with Gasteiger partial charge in [0.2, 0.25) is 5.91 Å². The standard InChI is InChI=1S/C29H44N4O/c1-31-17-19-33(20-18-31)28(13-7-3-8-14-28)23-32(2)27(34)29(15-9-4-10-16-29)25-21-24-11-5-6-12-26(24)30-22-25/h5-6,11-12,21,30H,3-4,7-10,13-20,22-23H2,1-2H3. The van der Waals surface area contributed by atoms with Crippen LogP contribution in [0.25, 0.3) is 6.08 Å². The molecule has 1 amide bonds. The van der Waals surface area contributed by atoms with E-state index in [2.05, 4.69) is 64.5 Å². The summed E-state index contributed by atoms with van der Waals surface area (Å²) in [6, 6.07) is 8.51. The van der Waals surface area contributed by atoms with Crippen molar-refractivity contribution in [2.24, 2.45) is 5.41 Å². The monoisotopic (exact) mass is 464 g/mol. The number of piperazine rings is 1. The van der Waals surface area contributed by atoms with Crippen molar-refractivity contribution in [2.45, 2.75) is 69.7 Å². The molecule has 2 aliphatic heterocycles. The van der Waals surface area contributed by atoms with Crippen molar-refractivity contribution in [3.63, 3.8) is 0 Å². The normalized spacial score (nSPS) is 25.1. The van der Waals surface area contributed by atoms with Crippen molar-refractivity contribution < 1.29 is 4.79 Å². The van der Waals surface area contributed by atoms with E-state index in [1.54, 1.807) is 0 Å². The first-order valence-electron chi connectivity index (χ1n) is 13.8. The molecule has 186 valence electrons. The first-order chi connectivity index (χ1) is 16.5. The average molecular weight is 465 g/mol. The second-order valence-electron chi connectivity index (χ2n) is 11.5. The molecule has 1 saturated heterocycles. The SMILES string of the molecule is CN1CCN(C2(CN(C)C(=O)C3(C4=Cc5ccccc5NC4)CCCCC3)CCCCC2)CC1. The molecule has 5 rings (SSSR count). The fraction of sp³-hybridized carbons (Fsp3) is 0.690. The summed E-state index contributed by atoms with van der Waals surface area (Å²) in [6.45, 7) is 6.22. The number of carbonyl (C=O) groups is 1. The summed E-state index contributed by atoms with van der Waals surface area (Å²) >= 11 is 0. The second kappa shape index (κ2) is 10.0. The molecule has 2 aliphatic carbocycles. The number of nitrogens with zero attached hydrogens (tertiary/aromatic N) is 3. The van der Waals surface area contributed by atoms with Crippen LogP contribution >= 0.6 is 0 Å². The topological polar surface area (TPSA) is 38.8 Å². The van der Waals surface area contributed by atoms with Crippen LogP contribution in [0.15, 0.2) is 29.8 Å². The number of nitrogens with one attached hydrogen (secondary N) is 1. The lowest BCUT2D eigenvalue weighted by molar-refractivity contribution is -0.143. The smallest absolute Gasteiger partial charge is 0.232 e. The zero-order chi connectivity index (χ0) is 23.6. The van der Waals surface area contributed by atoms with Gasteiger partial charge in [0.1, 0.15) is 0 Å². The number of rotatable bonds is 5. The minimum atomic E-state index is -0.342. The molecular formula is C29H44N4O. The molecule has 1 aromatic rings.